The molecule has 2 aromatic rings. The van der Waals surface area contributed by atoms with Crippen LogP contribution in [-0.2, 0) is 0 Å². The first kappa shape index (κ1) is 13.2. The smallest absolute Gasteiger partial charge is 0.313 e. The number of benzene rings is 1. The quantitative estimate of drug-likeness (QED) is 0.606. The van der Waals surface area contributed by atoms with Crippen LogP contribution in [0.1, 0.15) is 0 Å². The Bertz CT molecular complexity index is 622. The number of halogens is 3. The fourth-order valence-electron chi connectivity index (χ4n) is 1.12. The monoisotopic (exact) mass is 352 g/mol. The van der Waals surface area contributed by atoms with Crippen LogP contribution in [0.2, 0.25) is 5.15 Å². The van der Waals surface area contributed by atoms with Crippen molar-refractivity contribution < 1.29 is 14.1 Å². The summed E-state index contributed by atoms with van der Waals surface area (Å²) < 4.78 is 18.5. The molecule has 0 saturated heterocycles. The fourth-order valence-corrected chi connectivity index (χ4v) is 2.25. The maximum absolute atomic E-state index is 13.3. The molecule has 1 heterocycles. The number of ether oxygens (including phenoxy) is 1. The predicted octanol–water partition coefficient (Wildman–Crippen LogP) is 4.40. The number of rotatable bonds is 3. The first-order valence-electron chi connectivity index (χ1n) is 4.39. The van der Waals surface area contributed by atoms with E-state index in [-0.39, 0.29) is 26.3 Å². The first-order chi connectivity index (χ1) is 8.47. The van der Waals surface area contributed by atoms with Gasteiger partial charge >= 0.3 is 5.69 Å². The van der Waals surface area contributed by atoms with Gasteiger partial charge in [0.2, 0.25) is 5.75 Å². The number of aromatic nitrogens is 1. The Morgan fingerprint density at radius 3 is 2.83 bits per heavy atom. The molecule has 18 heavy (non-hydrogen) atoms. The number of hydrogen-bond donors (Lipinski definition) is 0. The van der Waals surface area contributed by atoms with Gasteiger partial charge in [0.15, 0.2) is 0 Å². The van der Waals surface area contributed by atoms with Gasteiger partial charge in [-0.15, -0.1) is 0 Å². The average molecular weight is 354 g/mol. The molecule has 0 atom stereocenters. The van der Waals surface area contributed by atoms with Crippen LogP contribution in [0.15, 0.2) is 22.0 Å². The van der Waals surface area contributed by atoms with Crippen molar-refractivity contribution in [2.24, 2.45) is 0 Å². The van der Waals surface area contributed by atoms with Crippen LogP contribution in [0.25, 0.3) is 0 Å². The number of hydrogen-bond acceptors (Lipinski definition) is 5. The molecule has 0 aliphatic carbocycles. The van der Waals surface area contributed by atoms with Crippen molar-refractivity contribution in [2.75, 3.05) is 0 Å². The van der Waals surface area contributed by atoms with E-state index in [0.29, 0.717) is 0 Å². The van der Waals surface area contributed by atoms with E-state index < -0.39 is 10.7 Å². The Hall–Kier alpha value is -1.25. The van der Waals surface area contributed by atoms with Crippen molar-refractivity contribution in [3.8, 4) is 10.9 Å². The zero-order valence-electron chi connectivity index (χ0n) is 8.39. The van der Waals surface area contributed by atoms with E-state index >= 15 is 0 Å². The second-order valence-electron chi connectivity index (χ2n) is 3.03. The van der Waals surface area contributed by atoms with Gasteiger partial charge in [-0.2, -0.15) is 4.98 Å². The van der Waals surface area contributed by atoms with Crippen LogP contribution in [0.5, 0.6) is 10.9 Å². The minimum atomic E-state index is -0.672. The van der Waals surface area contributed by atoms with Gasteiger partial charge < -0.3 is 4.74 Å². The lowest BCUT2D eigenvalue weighted by Crippen LogP contribution is -1.95. The highest BCUT2D eigenvalue weighted by atomic mass is 79.9. The van der Waals surface area contributed by atoms with Gasteiger partial charge in [0.1, 0.15) is 11.0 Å². The van der Waals surface area contributed by atoms with Crippen LogP contribution in [0.4, 0.5) is 10.1 Å². The Kier molecular flexibility index (Phi) is 3.79. The van der Waals surface area contributed by atoms with Crippen molar-refractivity contribution in [1.82, 2.24) is 4.98 Å². The lowest BCUT2D eigenvalue weighted by atomic mass is 10.3. The Balaban J connectivity index is 2.42. The number of nitro groups is 1. The predicted molar refractivity (Wildman–Crippen MR) is 68.0 cm³/mol. The Labute approximate surface area is 117 Å². The molecular weight excluding hydrogens is 351 g/mol. The second kappa shape index (κ2) is 5.17. The standard InChI is InChI=1S/C9H3BrClFN2O3S/c10-4-1-6(14(15)16)7(2-5(4)12)17-9-13-8(11)3-18-9/h1-3H. The van der Waals surface area contributed by atoms with Crippen molar-refractivity contribution in [3.63, 3.8) is 0 Å². The Morgan fingerprint density at radius 1 is 1.56 bits per heavy atom. The van der Waals surface area contributed by atoms with Crippen LogP contribution >= 0.6 is 38.9 Å². The molecule has 5 nitrogen and oxygen atoms in total. The first-order valence-corrected chi connectivity index (χ1v) is 6.44. The van der Waals surface area contributed by atoms with Gasteiger partial charge in [0, 0.05) is 17.5 Å². The molecule has 0 aliphatic heterocycles. The lowest BCUT2D eigenvalue weighted by molar-refractivity contribution is -0.385. The van der Waals surface area contributed by atoms with Crippen LogP contribution in [0.3, 0.4) is 0 Å². The molecule has 0 saturated carbocycles. The van der Waals surface area contributed by atoms with E-state index in [1.165, 1.54) is 5.38 Å². The minimum absolute atomic E-state index is 0.0151. The van der Waals surface area contributed by atoms with Crippen molar-refractivity contribution in [3.05, 3.63) is 43.1 Å². The number of nitro benzene ring substituents is 1. The van der Waals surface area contributed by atoms with Crippen molar-refractivity contribution >= 4 is 44.6 Å². The summed E-state index contributed by atoms with van der Waals surface area (Å²) in [5, 5.41) is 12.6. The van der Waals surface area contributed by atoms with Crippen LogP contribution in [-0.4, -0.2) is 9.91 Å². The van der Waals surface area contributed by atoms with Crippen LogP contribution < -0.4 is 4.74 Å². The molecular formula is C9H3BrClFN2O3S. The maximum atomic E-state index is 13.3. The fraction of sp³-hybridized carbons (Fsp3) is 0. The molecule has 1 aromatic heterocycles. The summed E-state index contributed by atoms with van der Waals surface area (Å²) in [6.45, 7) is 0. The summed E-state index contributed by atoms with van der Waals surface area (Å²) in [5.74, 6) is -0.898. The molecule has 0 spiro atoms. The van der Waals surface area contributed by atoms with E-state index in [4.69, 9.17) is 16.3 Å². The van der Waals surface area contributed by atoms with Crippen molar-refractivity contribution in [2.45, 2.75) is 0 Å². The Morgan fingerprint density at radius 2 is 2.28 bits per heavy atom. The number of thiazole rings is 1. The zero-order chi connectivity index (χ0) is 13.3. The molecule has 94 valence electrons. The van der Waals surface area contributed by atoms with Gasteiger partial charge in [-0.25, -0.2) is 4.39 Å². The molecule has 9 heteroatoms. The third-order valence-electron chi connectivity index (χ3n) is 1.85. The largest absolute Gasteiger partial charge is 0.423 e. The van der Waals surface area contributed by atoms with Gasteiger partial charge in [-0.05, 0) is 15.9 Å². The summed E-state index contributed by atoms with van der Waals surface area (Å²) in [4.78, 5) is 13.9. The third kappa shape index (κ3) is 2.77. The molecule has 2 rings (SSSR count). The van der Waals surface area contributed by atoms with E-state index in [1.807, 2.05) is 0 Å². The minimum Gasteiger partial charge on any atom is -0.423 e. The SMILES string of the molecule is O=[N+]([O-])c1cc(Br)c(F)cc1Oc1nc(Cl)cs1. The van der Waals surface area contributed by atoms with Gasteiger partial charge in [0.25, 0.3) is 5.19 Å². The molecule has 0 aliphatic rings. The molecule has 0 radical (unpaired) electrons. The van der Waals surface area contributed by atoms with E-state index in [2.05, 4.69) is 20.9 Å². The summed E-state index contributed by atoms with van der Waals surface area (Å²) in [5.41, 5.74) is -0.366. The number of nitrogens with zero attached hydrogens (tertiary/aromatic N) is 2. The van der Waals surface area contributed by atoms with Crippen LogP contribution in [0, 0.1) is 15.9 Å². The highest BCUT2D eigenvalue weighted by Crippen LogP contribution is 2.36. The van der Waals surface area contributed by atoms with Gasteiger partial charge in [0.05, 0.1) is 9.40 Å². The lowest BCUT2D eigenvalue weighted by Gasteiger charge is -2.04. The molecule has 0 amide bonds. The van der Waals surface area contributed by atoms with Crippen molar-refractivity contribution in [1.29, 1.82) is 0 Å². The topological polar surface area (TPSA) is 65.3 Å². The van der Waals surface area contributed by atoms with E-state index in [0.717, 1.165) is 23.5 Å². The summed E-state index contributed by atoms with van der Waals surface area (Å²) in [7, 11) is 0. The summed E-state index contributed by atoms with van der Waals surface area (Å²) >= 11 is 9.51. The van der Waals surface area contributed by atoms with Gasteiger partial charge in [-0.1, -0.05) is 22.9 Å². The highest BCUT2D eigenvalue weighted by molar-refractivity contribution is 9.10. The van der Waals surface area contributed by atoms with E-state index in [1.54, 1.807) is 0 Å². The molecule has 0 unspecified atom stereocenters. The normalized spacial score (nSPS) is 10.4. The zero-order valence-corrected chi connectivity index (χ0v) is 11.6. The summed E-state index contributed by atoms with van der Waals surface area (Å²) in [6.07, 6.45) is 0. The third-order valence-corrected chi connectivity index (χ3v) is 3.50. The molecule has 1 aromatic carbocycles. The van der Waals surface area contributed by atoms with Gasteiger partial charge in [-0.3, -0.25) is 10.1 Å². The highest BCUT2D eigenvalue weighted by Gasteiger charge is 2.20. The second-order valence-corrected chi connectivity index (χ2v) is 5.09. The molecule has 0 fully saturated rings. The maximum Gasteiger partial charge on any atom is 0.313 e. The summed E-state index contributed by atoms with van der Waals surface area (Å²) in [6, 6.07) is 1.94. The molecule has 0 bridgehead atoms. The van der Waals surface area contributed by atoms with E-state index in [9.17, 15) is 14.5 Å². The average Bonchev–Trinajstić information content (AvgIpc) is 2.68. The molecule has 0 N–H and O–H groups in total.